The molecule has 0 spiro atoms. The molecule has 6 nitrogen and oxygen atoms in total. The average molecular weight is 421 g/mol. The van der Waals surface area contributed by atoms with Gasteiger partial charge >= 0.3 is 5.97 Å². The van der Waals surface area contributed by atoms with Crippen molar-refractivity contribution in [3.05, 3.63) is 59.4 Å². The molecule has 1 heterocycles. The van der Waals surface area contributed by atoms with Crippen LogP contribution in [0, 0.1) is 5.82 Å². The monoisotopic (exact) mass is 420 g/mol. The van der Waals surface area contributed by atoms with Gasteiger partial charge in [-0.25, -0.2) is 21.9 Å². The van der Waals surface area contributed by atoms with Crippen molar-refractivity contribution in [2.24, 2.45) is 0 Å². The fraction of sp³-hybridized carbons (Fsp3) is 0.381. The number of benzene rings is 2. The maximum Gasteiger partial charge on any atom is 0.340 e. The van der Waals surface area contributed by atoms with Gasteiger partial charge in [0, 0.05) is 27.2 Å². The van der Waals surface area contributed by atoms with Gasteiger partial charge in [-0.05, 0) is 55.7 Å². The lowest BCUT2D eigenvalue weighted by Gasteiger charge is -2.23. The van der Waals surface area contributed by atoms with Crippen LogP contribution < -0.4 is 4.90 Å². The first kappa shape index (κ1) is 21.3. The second-order valence-corrected chi connectivity index (χ2v) is 9.41. The summed E-state index contributed by atoms with van der Waals surface area (Å²) in [6, 6.07) is 10.3. The zero-order chi connectivity index (χ0) is 21.2. The molecule has 2 aromatic rings. The molecule has 0 unspecified atom stereocenters. The maximum atomic E-state index is 13.2. The summed E-state index contributed by atoms with van der Waals surface area (Å²) in [4.78, 5) is 15.1. The molecule has 29 heavy (non-hydrogen) atoms. The number of hydrogen-bond donors (Lipinski definition) is 0. The van der Waals surface area contributed by atoms with Gasteiger partial charge in [0.15, 0.2) is 0 Å². The molecule has 1 aliphatic heterocycles. The van der Waals surface area contributed by atoms with E-state index in [1.54, 1.807) is 25.1 Å². The van der Waals surface area contributed by atoms with Crippen LogP contribution in [0.3, 0.4) is 0 Å². The topological polar surface area (TPSA) is 66.9 Å². The first-order chi connectivity index (χ1) is 13.7. The highest BCUT2D eigenvalue weighted by Crippen LogP contribution is 2.30. The number of halogens is 1. The number of carbonyl (C=O) groups excluding carboxylic acids is 1. The zero-order valence-electron chi connectivity index (χ0n) is 16.8. The number of hydrogen-bond acceptors (Lipinski definition) is 5. The van der Waals surface area contributed by atoms with Crippen molar-refractivity contribution in [2.45, 2.75) is 30.8 Å². The number of sulfonamides is 1. The van der Waals surface area contributed by atoms with Crippen molar-refractivity contribution >= 4 is 21.7 Å². The number of esters is 1. The molecular weight excluding hydrogens is 395 g/mol. The molecule has 1 atom stereocenters. The van der Waals surface area contributed by atoms with Crippen LogP contribution in [-0.2, 0) is 14.8 Å². The van der Waals surface area contributed by atoms with Crippen molar-refractivity contribution in [1.82, 2.24) is 4.31 Å². The van der Waals surface area contributed by atoms with Crippen LogP contribution in [0.4, 0.5) is 10.1 Å². The van der Waals surface area contributed by atoms with Gasteiger partial charge in [0.2, 0.25) is 10.0 Å². The lowest BCUT2D eigenvalue weighted by molar-refractivity contribution is 0.0338. The number of anilines is 1. The smallest absolute Gasteiger partial charge is 0.340 e. The molecule has 3 rings (SSSR count). The molecule has 8 heteroatoms. The van der Waals surface area contributed by atoms with Crippen molar-refractivity contribution in [3.8, 4) is 0 Å². The summed E-state index contributed by atoms with van der Waals surface area (Å²) in [6.45, 7) is 3.29. The van der Waals surface area contributed by atoms with Gasteiger partial charge in [-0.3, -0.25) is 0 Å². The third-order valence-electron chi connectivity index (χ3n) is 5.04. The summed E-state index contributed by atoms with van der Waals surface area (Å²) in [5.74, 6) is -0.982. The summed E-state index contributed by atoms with van der Waals surface area (Å²) in [7, 11) is -0.808. The summed E-state index contributed by atoms with van der Waals surface area (Å²) in [5.41, 5.74) is 1.53. The lowest BCUT2D eigenvalue weighted by Crippen LogP contribution is -2.25. The van der Waals surface area contributed by atoms with Crippen LogP contribution in [0.15, 0.2) is 47.4 Å². The summed E-state index contributed by atoms with van der Waals surface area (Å²) in [5, 5.41) is 0. The van der Waals surface area contributed by atoms with Crippen LogP contribution in [0.2, 0.25) is 0 Å². The maximum absolute atomic E-state index is 13.2. The van der Waals surface area contributed by atoms with Gasteiger partial charge in [0.05, 0.1) is 16.1 Å². The molecule has 0 radical (unpaired) electrons. The van der Waals surface area contributed by atoms with E-state index < -0.39 is 22.1 Å². The third kappa shape index (κ3) is 4.59. The molecule has 156 valence electrons. The quantitative estimate of drug-likeness (QED) is 0.668. The summed E-state index contributed by atoms with van der Waals surface area (Å²) >= 11 is 0. The standard InChI is InChI=1S/C21H25FN2O4S/c1-15(16-6-8-17(22)9-7-16)28-21(25)19-14-18(29(26,27)23(2)3)10-11-20(19)24-12-4-5-13-24/h6-11,14-15H,4-5,12-13H2,1-3H3/t15-/m0/s1. The van der Waals surface area contributed by atoms with Gasteiger partial charge in [0.1, 0.15) is 11.9 Å². The van der Waals surface area contributed by atoms with Crippen molar-refractivity contribution in [2.75, 3.05) is 32.1 Å². The molecule has 1 fully saturated rings. The molecule has 0 saturated carbocycles. The molecule has 0 aliphatic carbocycles. The number of nitrogens with zero attached hydrogens (tertiary/aromatic N) is 2. The highest BCUT2D eigenvalue weighted by atomic mass is 32.2. The van der Waals surface area contributed by atoms with Crippen molar-refractivity contribution in [1.29, 1.82) is 0 Å². The first-order valence-electron chi connectivity index (χ1n) is 9.48. The number of ether oxygens (including phenoxy) is 1. The van der Waals surface area contributed by atoms with E-state index in [0.717, 1.165) is 30.2 Å². The fourth-order valence-electron chi connectivity index (χ4n) is 3.31. The van der Waals surface area contributed by atoms with E-state index in [4.69, 9.17) is 4.74 Å². The molecule has 0 N–H and O–H groups in total. The number of carbonyl (C=O) groups is 1. The minimum Gasteiger partial charge on any atom is -0.454 e. The molecule has 1 saturated heterocycles. The van der Waals surface area contributed by atoms with E-state index in [9.17, 15) is 17.6 Å². The number of rotatable bonds is 6. The first-order valence-corrected chi connectivity index (χ1v) is 10.9. The Morgan fingerprint density at radius 1 is 1.10 bits per heavy atom. The van der Waals surface area contributed by atoms with Crippen LogP contribution in [0.25, 0.3) is 0 Å². The predicted octanol–water partition coefficient (Wildman–Crippen LogP) is 3.59. The normalized spacial score (nSPS) is 15.6. The van der Waals surface area contributed by atoms with Gasteiger partial charge in [-0.2, -0.15) is 0 Å². The van der Waals surface area contributed by atoms with Crippen molar-refractivity contribution in [3.63, 3.8) is 0 Å². The molecule has 1 aliphatic rings. The Balaban J connectivity index is 1.95. The Labute approximate surface area is 170 Å². The van der Waals surface area contributed by atoms with Crippen LogP contribution >= 0.6 is 0 Å². The van der Waals surface area contributed by atoms with E-state index in [-0.39, 0.29) is 16.3 Å². The Morgan fingerprint density at radius 3 is 2.31 bits per heavy atom. The molecule has 0 amide bonds. The van der Waals surface area contributed by atoms with Crippen LogP contribution in [0.1, 0.15) is 41.8 Å². The summed E-state index contributed by atoms with van der Waals surface area (Å²) < 4.78 is 44.9. The van der Waals surface area contributed by atoms with E-state index in [0.29, 0.717) is 11.3 Å². The second-order valence-electron chi connectivity index (χ2n) is 7.26. The average Bonchev–Trinajstić information content (AvgIpc) is 3.22. The minimum atomic E-state index is -3.69. The van der Waals surface area contributed by atoms with E-state index >= 15 is 0 Å². The highest BCUT2D eigenvalue weighted by molar-refractivity contribution is 7.89. The fourth-order valence-corrected chi connectivity index (χ4v) is 4.24. The highest BCUT2D eigenvalue weighted by Gasteiger charge is 2.26. The Morgan fingerprint density at radius 2 is 1.72 bits per heavy atom. The Kier molecular flexibility index (Phi) is 6.24. The van der Waals surface area contributed by atoms with Gasteiger partial charge in [0.25, 0.3) is 0 Å². The molecule has 0 aromatic heterocycles. The molecule has 2 aromatic carbocycles. The lowest BCUT2D eigenvalue weighted by atomic mass is 10.1. The van der Waals surface area contributed by atoms with Crippen molar-refractivity contribution < 1.29 is 22.3 Å². The predicted molar refractivity (Wildman–Crippen MR) is 109 cm³/mol. The SMILES string of the molecule is C[C@H](OC(=O)c1cc(S(=O)(=O)N(C)C)ccc1N1CCCC1)c1ccc(F)cc1. The molecule has 0 bridgehead atoms. The van der Waals surface area contributed by atoms with Crippen LogP contribution in [-0.4, -0.2) is 45.9 Å². The van der Waals surface area contributed by atoms with E-state index in [1.165, 1.54) is 38.4 Å². The van der Waals surface area contributed by atoms with Crippen LogP contribution in [0.5, 0.6) is 0 Å². The minimum absolute atomic E-state index is 0.0341. The second kappa shape index (κ2) is 8.51. The third-order valence-corrected chi connectivity index (χ3v) is 6.85. The zero-order valence-corrected chi connectivity index (χ0v) is 17.6. The van der Waals surface area contributed by atoms with E-state index in [2.05, 4.69) is 4.90 Å². The van der Waals surface area contributed by atoms with Gasteiger partial charge < -0.3 is 9.64 Å². The summed E-state index contributed by atoms with van der Waals surface area (Å²) in [6.07, 6.45) is 1.42. The van der Waals surface area contributed by atoms with Gasteiger partial charge in [-0.1, -0.05) is 12.1 Å². The molecular formula is C21H25FN2O4S. The van der Waals surface area contributed by atoms with E-state index in [1.807, 2.05) is 0 Å². The van der Waals surface area contributed by atoms with Gasteiger partial charge in [-0.15, -0.1) is 0 Å². The largest absolute Gasteiger partial charge is 0.454 e. The Bertz CT molecular complexity index is 984. The Hall–Kier alpha value is -2.45.